The Balaban J connectivity index is 2.36. The van der Waals surface area contributed by atoms with Crippen molar-refractivity contribution >= 4 is 18.0 Å². The van der Waals surface area contributed by atoms with Crippen LogP contribution in [0.1, 0.15) is 16.2 Å². The molecule has 1 aromatic heterocycles. The third kappa shape index (κ3) is 2.50. The number of hydrogen-bond acceptors (Lipinski definition) is 5. The largest absolute Gasteiger partial charge is 0.416 e. The first-order chi connectivity index (χ1) is 8.10. The molecule has 0 aliphatic carbocycles. The second kappa shape index (κ2) is 4.62. The lowest BCUT2D eigenvalue weighted by atomic mass is 10.2. The second-order valence-corrected chi connectivity index (χ2v) is 4.08. The second-order valence-electron chi connectivity index (χ2n) is 3.12. The van der Waals surface area contributed by atoms with Crippen molar-refractivity contribution in [3.8, 4) is 0 Å². The van der Waals surface area contributed by atoms with Crippen LogP contribution in [-0.4, -0.2) is 16.5 Å². The van der Waals surface area contributed by atoms with Gasteiger partial charge in [0.15, 0.2) is 0 Å². The molecule has 0 bridgehead atoms. The highest BCUT2D eigenvalue weighted by Crippen LogP contribution is 2.31. The zero-order valence-corrected chi connectivity index (χ0v) is 9.42. The maximum Gasteiger partial charge on any atom is 0.281 e. The lowest BCUT2D eigenvalue weighted by molar-refractivity contribution is 0.112. The summed E-state index contributed by atoms with van der Waals surface area (Å²) in [6.45, 7) is 1.57. The van der Waals surface area contributed by atoms with Crippen molar-refractivity contribution in [1.29, 1.82) is 0 Å². The van der Waals surface area contributed by atoms with Gasteiger partial charge in [-0.25, -0.2) is 8.78 Å². The summed E-state index contributed by atoms with van der Waals surface area (Å²) in [5, 5.41) is 7.19. The Kier molecular flexibility index (Phi) is 3.19. The number of aldehydes is 1. The molecule has 17 heavy (non-hydrogen) atoms. The Hall–Kier alpha value is -1.76. The fraction of sp³-hybridized carbons (Fsp3) is 0.100. The summed E-state index contributed by atoms with van der Waals surface area (Å²) in [5.41, 5.74) is -0.0638. The first-order valence-corrected chi connectivity index (χ1v) is 5.34. The topological polar surface area (TPSA) is 56.0 Å². The van der Waals surface area contributed by atoms with Gasteiger partial charge in [0.2, 0.25) is 5.89 Å². The summed E-state index contributed by atoms with van der Waals surface area (Å²) in [6.07, 6.45) is 0.372. The highest BCUT2D eigenvalue weighted by atomic mass is 32.2. The molecule has 0 aliphatic heterocycles. The van der Waals surface area contributed by atoms with Crippen molar-refractivity contribution in [3.63, 3.8) is 0 Å². The molecular weight excluding hydrogens is 250 g/mol. The van der Waals surface area contributed by atoms with Gasteiger partial charge in [-0.05, 0) is 23.9 Å². The zero-order valence-electron chi connectivity index (χ0n) is 8.61. The lowest BCUT2D eigenvalue weighted by Crippen LogP contribution is -1.92. The fourth-order valence-corrected chi connectivity index (χ4v) is 1.88. The molecule has 2 aromatic rings. The minimum absolute atomic E-state index is 0.0409. The fourth-order valence-electron chi connectivity index (χ4n) is 1.15. The number of benzene rings is 1. The van der Waals surface area contributed by atoms with Gasteiger partial charge >= 0.3 is 0 Å². The van der Waals surface area contributed by atoms with Gasteiger partial charge in [-0.1, -0.05) is 0 Å². The van der Waals surface area contributed by atoms with E-state index in [-0.39, 0.29) is 15.7 Å². The van der Waals surface area contributed by atoms with Gasteiger partial charge < -0.3 is 4.42 Å². The number of hydrogen-bond donors (Lipinski definition) is 0. The van der Waals surface area contributed by atoms with Crippen molar-refractivity contribution < 1.29 is 18.0 Å². The number of carbonyl (C=O) groups excluding carboxylic acids is 1. The first-order valence-electron chi connectivity index (χ1n) is 4.52. The van der Waals surface area contributed by atoms with Crippen LogP contribution < -0.4 is 0 Å². The molecule has 4 nitrogen and oxygen atoms in total. The summed E-state index contributed by atoms with van der Waals surface area (Å²) < 4.78 is 32.0. The Morgan fingerprint density at radius 1 is 1.29 bits per heavy atom. The van der Waals surface area contributed by atoms with Gasteiger partial charge in [0.05, 0.1) is 4.90 Å². The van der Waals surface area contributed by atoms with E-state index in [4.69, 9.17) is 4.42 Å². The number of carbonyl (C=O) groups is 1. The smallest absolute Gasteiger partial charge is 0.281 e. The molecule has 0 amide bonds. The lowest BCUT2D eigenvalue weighted by Gasteiger charge is -2.02. The number of halogens is 2. The summed E-state index contributed by atoms with van der Waals surface area (Å²) in [6, 6.07) is 1.89. The van der Waals surface area contributed by atoms with Crippen molar-refractivity contribution in [2.24, 2.45) is 0 Å². The van der Waals surface area contributed by atoms with E-state index >= 15 is 0 Å². The predicted molar refractivity (Wildman–Crippen MR) is 54.9 cm³/mol. The van der Waals surface area contributed by atoms with Crippen molar-refractivity contribution in [1.82, 2.24) is 10.2 Å². The molecule has 0 fully saturated rings. The van der Waals surface area contributed by atoms with E-state index in [9.17, 15) is 13.6 Å². The normalized spacial score (nSPS) is 10.5. The van der Waals surface area contributed by atoms with Crippen LogP contribution in [0.5, 0.6) is 0 Å². The number of aromatic nitrogens is 2. The van der Waals surface area contributed by atoms with Crippen molar-refractivity contribution in [2.45, 2.75) is 17.0 Å². The minimum Gasteiger partial charge on any atom is -0.416 e. The molecule has 0 radical (unpaired) electrons. The Morgan fingerprint density at radius 2 is 1.94 bits per heavy atom. The minimum atomic E-state index is -0.840. The Bertz CT molecular complexity index is 548. The van der Waals surface area contributed by atoms with Gasteiger partial charge in [-0.3, -0.25) is 4.79 Å². The molecule has 2 rings (SSSR count). The van der Waals surface area contributed by atoms with E-state index in [2.05, 4.69) is 10.2 Å². The molecule has 1 heterocycles. The van der Waals surface area contributed by atoms with Crippen LogP contribution in [0.2, 0.25) is 0 Å². The Labute approximate surface area is 99.0 Å². The summed E-state index contributed by atoms with van der Waals surface area (Å²) >= 11 is 0.675. The number of aryl methyl sites for hydroxylation is 1. The monoisotopic (exact) mass is 256 g/mol. The highest BCUT2D eigenvalue weighted by molar-refractivity contribution is 7.99. The van der Waals surface area contributed by atoms with Crippen LogP contribution in [0.15, 0.2) is 26.7 Å². The van der Waals surface area contributed by atoms with E-state index in [1.165, 1.54) is 0 Å². The van der Waals surface area contributed by atoms with E-state index < -0.39 is 11.6 Å². The zero-order chi connectivity index (χ0) is 12.4. The molecule has 1 aromatic carbocycles. The first kappa shape index (κ1) is 11.7. The van der Waals surface area contributed by atoms with Crippen LogP contribution in [0.3, 0.4) is 0 Å². The van der Waals surface area contributed by atoms with E-state index in [1.807, 2.05) is 0 Å². The van der Waals surface area contributed by atoms with Crippen molar-refractivity contribution in [3.05, 3.63) is 35.2 Å². The van der Waals surface area contributed by atoms with Crippen LogP contribution in [-0.2, 0) is 0 Å². The molecule has 0 atom stereocenters. The predicted octanol–water partition coefficient (Wildman–Crippen LogP) is 2.62. The van der Waals surface area contributed by atoms with Crippen molar-refractivity contribution in [2.75, 3.05) is 0 Å². The number of nitrogens with zero attached hydrogens (tertiary/aromatic N) is 2. The SMILES string of the molecule is Cc1nnc(Sc2c(F)cc(C=O)cc2F)o1. The van der Waals surface area contributed by atoms with E-state index in [1.54, 1.807) is 6.92 Å². The van der Waals surface area contributed by atoms with Gasteiger partial charge in [-0.15, -0.1) is 10.2 Å². The molecule has 0 spiro atoms. The summed E-state index contributed by atoms with van der Waals surface area (Å²) in [4.78, 5) is 10.1. The van der Waals surface area contributed by atoms with Gasteiger partial charge in [0, 0.05) is 12.5 Å². The maximum atomic E-state index is 13.5. The van der Waals surface area contributed by atoms with Gasteiger partial charge in [0.1, 0.15) is 17.9 Å². The van der Waals surface area contributed by atoms with E-state index in [0.29, 0.717) is 23.9 Å². The standard InChI is InChI=1S/C10H6F2N2O2S/c1-5-13-14-10(16-5)17-9-7(11)2-6(4-15)3-8(9)12/h2-4H,1H3. The third-order valence-corrected chi connectivity index (χ3v) is 2.79. The van der Waals surface area contributed by atoms with Gasteiger partial charge in [-0.2, -0.15) is 0 Å². The molecule has 0 aliphatic rings. The molecule has 0 N–H and O–H groups in total. The molecule has 88 valence electrons. The number of rotatable bonds is 3. The van der Waals surface area contributed by atoms with Crippen LogP contribution >= 0.6 is 11.8 Å². The summed E-state index contributed by atoms with van der Waals surface area (Å²) in [7, 11) is 0. The molecular formula is C10H6F2N2O2S. The van der Waals surface area contributed by atoms with Crippen LogP contribution in [0.25, 0.3) is 0 Å². The summed E-state index contributed by atoms with van der Waals surface area (Å²) in [5.74, 6) is -1.38. The average molecular weight is 256 g/mol. The molecule has 0 saturated carbocycles. The average Bonchev–Trinajstić information content (AvgIpc) is 2.69. The van der Waals surface area contributed by atoms with Crippen LogP contribution in [0, 0.1) is 18.6 Å². The molecule has 7 heteroatoms. The van der Waals surface area contributed by atoms with Crippen LogP contribution in [0.4, 0.5) is 8.78 Å². The quantitative estimate of drug-likeness (QED) is 0.790. The Morgan fingerprint density at radius 3 is 2.41 bits per heavy atom. The molecule has 0 saturated heterocycles. The third-order valence-electron chi connectivity index (χ3n) is 1.85. The molecule has 0 unspecified atom stereocenters. The maximum absolute atomic E-state index is 13.5. The highest BCUT2D eigenvalue weighted by Gasteiger charge is 2.15. The van der Waals surface area contributed by atoms with Gasteiger partial charge in [0.25, 0.3) is 5.22 Å². The van der Waals surface area contributed by atoms with E-state index in [0.717, 1.165) is 12.1 Å².